The number of esters is 1. The summed E-state index contributed by atoms with van der Waals surface area (Å²) in [6.45, 7) is 6.60. The molecule has 0 saturated carbocycles. The molecule has 0 aromatic heterocycles. The third-order valence-electron chi connectivity index (χ3n) is 1.44. The predicted octanol–water partition coefficient (Wildman–Crippen LogP) is 0.108. The van der Waals surface area contributed by atoms with Crippen molar-refractivity contribution >= 4 is 32.0 Å². The molecule has 0 saturated heterocycles. The monoisotopic (exact) mass is 280 g/mol. The minimum Gasteiger partial charge on any atom is -0.473 e. The van der Waals surface area contributed by atoms with Gasteiger partial charge in [0.05, 0.1) is 6.61 Å². The van der Waals surface area contributed by atoms with Crippen LogP contribution >= 0.6 is 0 Å². The van der Waals surface area contributed by atoms with Gasteiger partial charge >= 0.3 is 23.9 Å². The molecule has 8 nitrogen and oxygen atoms in total. The fraction of sp³-hybridized carbons (Fsp3) is 0.556. The van der Waals surface area contributed by atoms with Crippen molar-refractivity contribution in [3.8, 4) is 0 Å². The normalized spacial score (nSPS) is 9.72. The average molecular weight is 280 g/mol. The molecule has 0 aromatic carbocycles. The predicted molar refractivity (Wildman–Crippen MR) is 62.0 cm³/mol. The number of aliphatic carboxylic acids is 3. The van der Waals surface area contributed by atoms with E-state index in [9.17, 15) is 9.59 Å². The number of rotatable bonds is 3. The van der Waals surface area contributed by atoms with Crippen LogP contribution < -0.4 is 0 Å². The average Bonchev–Trinajstić information content (AvgIpc) is 2.16. The summed E-state index contributed by atoms with van der Waals surface area (Å²) >= 11 is 0. The van der Waals surface area contributed by atoms with Crippen molar-refractivity contribution in [1.82, 2.24) is 0 Å². The molecule has 9 heteroatoms. The molecule has 0 aliphatic heterocycles. The first-order chi connectivity index (χ1) is 7.97. The summed E-state index contributed by atoms with van der Waals surface area (Å²) in [4.78, 5) is 38.6. The Morgan fingerprint density at radius 1 is 0.889 bits per heavy atom. The topological polar surface area (TPSA) is 138 Å². The Morgan fingerprint density at radius 2 is 1.28 bits per heavy atom. The van der Waals surface area contributed by atoms with Crippen LogP contribution in [-0.4, -0.2) is 53.9 Å². The van der Waals surface area contributed by atoms with Crippen LogP contribution in [0.2, 0.25) is 25.7 Å². The quantitative estimate of drug-likeness (QED) is 0.376. The van der Waals surface area contributed by atoms with Gasteiger partial charge in [-0.25, -0.2) is 19.2 Å². The molecule has 18 heavy (non-hydrogen) atoms. The van der Waals surface area contributed by atoms with Gasteiger partial charge in [-0.05, 0) is 6.04 Å². The zero-order valence-electron chi connectivity index (χ0n) is 10.3. The molecule has 104 valence electrons. The third-order valence-corrected chi connectivity index (χ3v) is 3.15. The van der Waals surface area contributed by atoms with Crippen LogP contribution in [0.4, 0.5) is 0 Å². The fourth-order valence-electron chi connectivity index (χ4n) is 0.512. The Labute approximate surface area is 104 Å². The van der Waals surface area contributed by atoms with Crippen LogP contribution in [0.1, 0.15) is 0 Å². The summed E-state index contributed by atoms with van der Waals surface area (Å²) < 4.78 is 4.48. The molecule has 0 spiro atoms. The standard InChI is InChI=1S/C7H14O4Si.C2H2O4/c1-12(2,3)5-4-11-7(10)6(8)9;3-1(4)2(5)6/h4-5H2,1-3H3,(H,8,9);(H,3,4)(H,5,6). The van der Waals surface area contributed by atoms with Gasteiger partial charge in [-0.15, -0.1) is 0 Å². The van der Waals surface area contributed by atoms with E-state index in [0.717, 1.165) is 6.04 Å². The zero-order valence-corrected chi connectivity index (χ0v) is 11.3. The smallest absolute Gasteiger partial charge is 0.417 e. The molecule has 0 aliphatic carbocycles. The first kappa shape index (κ1) is 18.5. The van der Waals surface area contributed by atoms with Gasteiger partial charge in [0.2, 0.25) is 0 Å². The first-order valence-electron chi connectivity index (χ1n) is 4.83. The molecule has 0 rings (SSSR count). The molecule has 0 radical (unpaired) electrons. The Hall–Kier alpha value is -1.90. The van der Waals surface area contributed by atoms with E-state index in [4.69, 9.17) is 24.9 Å². The maximum atomic E-state index is 10.4. The number of hydrogen-bond donors (Lipinski definition) is 3. The molecular formula is C9H16O8Si. The highest BCUT2D eigenvalue weighted by molar-refractivity contribution is 6.76. The van der Waals surface area contributed by atoms with Crippen molar-refractivity contribution < 1.29 is 39.2 Å². The van der Waals surface area contributed by atoms with E-state index in [1.165, 1.54) is 0 Å². The molecule has 0 unspecified atom stereocenters. The largest absolute Gasteiger partial charge is 0.473 e. The highest BCUT2D eigenvalue weighted by Crippen LogP contribution is 2.07. The highest BCUT2D eigenvalue weighted by Gasteiger charge is 2.16. The minimum absolute atomic E-state index is 0.223. The molecule has 0 atom stereocenters. The fourth-order valence-corrected chi connectivity index (χ4v) is 1.23. The maximum absolute atomic E-state index is 10.4. The van der Waals surface area contributed by atoms with E-state index in [2.05, 4.69) is 24.4 Å². The first-order valence-corrected chi connectivity index (χ1v) is 8.54. The summed E-state index contributed by atoms with van der Waals surface area (Å²) in [6, 6.07) is 0.798. The molecule has 3 N–H and O–H groups in total. The number of hydrogen-bond acceptors (Lipinski definition) is 5. The van der Waals surface area contributed by atoms with Crippen LogP contribution in [0.15, 0.2) is 0 Å². The van der Waals surface area contributed by atoms with Gasteiger partial charge in [-0.2, -0.15) is 0 Å². The Balaban J connectivity index is 0. The van der Waals surface area contributed by atoms with Gasteiger partial charge in [0.15, 0.2) is 0 Å². The second kappa shape index (κ2) is 8.23. The third kappa shape index (κ3) is 14.1. The van der Waals surface area contributed by atoms with E-state index in [1.54, 1.807) is 0 Å². The lowest BCUT2D eigenvalue weighted by Crippen LogP contribution is -2.24. The Morgan fingerprint density at radius 3 is 1.50 bits per heavy atom. The van der Waals surface area contributed by atoms with Crippen molar-refractivity contribution in [3.63, 3.8) is 0 Å². The maximum Gasteiger partial charge on any atom is 0.417 e. The number of carboxylic acids is 3. The van der Waals surface area contributed by atoms with Crippen LogP contribution in [0.3, 0.4) is 0 Å². The van der Waals surface area contributed by atoms with E-state index in [0.29, 0.717) is 0 Å². The van der Waals surface area contributed by atoms with Crippen LogP contribution in [0.5, 0.6) is 0 Å². The molecule has 0 heterocycles. The highest BCUT2D eigenvalue weighted by atomic mass is 28.3. The van der Waals surface area contributed by atoms with Crippen molar-refractivity contribution in [2.45, 2.75) is 25.7 Å². The van der Waals surface area contributed by atoms with Gasteiger partial charge in [0.25, 0.3) is 0 Å². The van der Waals surface area contributed by atoms with E-state index < -0.39 is 32.0 Å². The summed E-state index contributed by atoms with van der Waals surface area (Å²) in [5, 5.41) is 22.9. The zero-order chi connectivity index (χ0) is 14.9. The Bertz CT molecular complexity index is 318. The Kier molecular flexibility index (Phi) is 8.44. The van der Waals surface area contributed by atoms with Crippen molar-refractivity contribution in [2.75, 3.05) is 6.61 Å². The van der Waals surface area contributed by atoms with Gasteiger partial charge in [0, 0.05) is 8.07 Å². The van der Waals surface area contributed by atoms with Gasteiger partial charge in [-0.1, -0.05) is 19.6 Å². The van der Waals surface area contributed by atoms with E-state index in [-0.39, 0.29) is 6.61 Å². The van der Waals surface area contributed by atoms with Crippen molar-refractivity contribution in [2.24, 2.45) is 0 Å². The lowest BCUT2D eigenvalue weighted by Gasteiger charge is -2.14. The van der Waals surface area contributed by atoms with Gasteiger partial charge < -0.3 is 20.1 Å². The second-order valence-corrected chi connectivity index (χ2v) is 9.98. The van der Waals surface area contributed by atoms with Gasteiger partial charge in [-0.3, -0.25) is 0 Å². The number of carbonyl (C=O) groups excluding carboxylic acids is 1. The lowest BCUT2D eigenvalue weighted by atomic mass is 10.7. The van der Waals surface area contributed by atoms with E-state index in [1.807, 2.05) is 0 Å². The van der Waals surface area contributed by atoms with Crippen molar-refractivity contribution in [3.05, 3.63) is 0 Å². The van der Waals surface area contributed by atoms with Crippen LogP contribution in [-0.2, 0) is 23.9 Å². The molecule has 0 bridgehead atoms. The summed E-state index contributed by atoms with van der Waals surface area (Å²) in [5.41, 5.74) is 0. The second-order valence-electron chi connectivity index (χ2n) is 4.36. The summed E-state index contributed by atoms with van der Waals surface area (Å²) in [7, 11) is -1.23. The number of carbonyl (C=O) groups is 4. The summed E-state index contributed by atoms with van der Waals surface area (Å²) in [6.07, 6.45) is 0. The van der Waals surface area contributed by atoms with Crippen LogP contribution in [0, 0.1) is 0 Å². The molecule has 0 aliphatic rings. The van der Waals surface area contributed by atoms with E-state index >= 15 is 0 Å². The molecule has 0 aromatic rings. The van der Waals surface area contributed by atoms with Gasteiger partial charge in [0.1, 0.15) is 0 Å². The van der Waals surface area contributed by atoms with Crippen molar-refractivity contribution in [1.29, 1.82) is 0 Å². The molecular weight excluding hydrogens is 264 g/mol. The summed E-state index contributed by atoms with van der Waals surface area (Å²) in [5.74, 6) is -6.33. The molecule has 0 fully saturated rings. The minimum atomic E-state index is -1.82. The SMILES string of the molecule is C[Si](C)(C)CCOC(=O)C(=O)O.O=C(O)C(=O)O. The van der Waals surface area contributed by atoms with Crippen LogP contribution in [0.25, 0.3) is 0 Å². The number of ether oxygens (including phenoxy) is 1. The molecule has 0 amide bonds. The lowest BCUT2D eigenvalue weighted by molar-refractivity contribution is -0.163. The number of carboxylic acid groups (broad SMARTS) is 3.